The Morgan fingerprint density at radius 2 is 2.19 bits per heavy atom. The molecule has 0 saturated heterocycles. The highest BCUT2D eigenvalue weighted by molar-refractivity contribution is 6.37. The first kappa shape index (κ1) is 13.6. The number of hydrogen-bond acceptors (Lipinski definition) is 2. The predicted molar refractivity (Wildman–Crippen MR) is 83.5 cm³/mol. The molecule has 0 unspecified atom stereocenters. The summed E-state index contributed by atoms with van der Waals surface area (Å²) in [6.07, 6.45) is 3.43. The Hall–Kier alpha value is -2.33. The number of carbonyl (C=O) groups excluding carboxylic acids is 1. The van der Waals surface area contributed by atoms with Gasteiger partial charge in [0.05, 0.1) is 10.6 Å². The summed E-state index contributed by atoms with van der Waals surface area (Å²) in [5, 5.41) is 4.24. The molecule has 0 radical (unpaired) electrons. The quantitative estimate of drug-likeness (QED) is 0.778. The van der Waals surface area contributed by atoms with Gasteiger partial charge in [-0.05, 0) is 30.7 Å². The van der Waals surface area contributed by atoms with Crippen LogP contribution in [0.1, 0.15) is 21.6 Å². The number of aromatic nitrogens is 2. The molecule has 21 heavy (non-hydrogen) atoms. The van der Waals surface area contributed by atoms with Crippen LogP contribution in [0, 0.1) is 6.92 Å². The first-order valence-electron chi connectivity index (χ1n) is 6.60. The van der Waals surface area contributed by atoms with E-state index < -0.39 is 0 Å². The monoisotopic (exact) mass is 299 g/mol. The third kappa shape index (κ3) is 2.62. The third-order valence-electron chi connectivity index (χ3n) is 3.36. The zero-order valence-electron chi connectivity index (χ0n) is 11.5. The fraction of sp³-hybridized carbons (Fsp3) is 0.125. The summed E-state index contributed by atoms with van der Waals surface area (Å²) in [5.74, 6) is -0.143. The first-order valence-corrected chi connectivity index (χ1v) is 6.98. The van der Waals surface area contributed by atoms with Crippen LogP contribution in [-0.2, 0) is 6.54 Å². The van der Waals surface area contributed by atoms with Gasteiger partial charge in [-0.15, -0.1) is 0 Å². The van der Waals surface area contributed by atoms with Crippen molar-refractivity contribution < 1.29 is 4.79 Å². The van der Waals surface area contributed by atoms with Crippen molar-refractivity contribution in [2.75, 3.05) is 0 Å². The van der Waals surface area contributed by atoms with Gasteiger partial charge in [-0.25, -0.2) is 0 Å². The molecule has 0 atom stereocenters. The number of amides is 1. The van der Waals surface area contributed by atoms with E-state index in [9.17, 15) is 4.79 Å². The molecule has 3 rings (SSSR count). The lowest BCUT2D eigenvalue weighted by molar-refractivity contribution is 0.0952. The van der Waals surface area contributed by atoms with E-state index in [1.165, 1.54) is 0 Å². The van der Waals surface area contributed by atoms with Gasteiger partial charge in [-0.1, -0.05) is 23.7 Å². The number of H-pyrrole nitrogens is 1. The maximum atomic E-state index is 12.5. The van der Waals surface area contributed by atoms with Crippen LogP contribution in [-0.4, -0.2) is 15.9 Å². The molecule has 2 N–H and O–H groups in total. The summed E-state index contributed by atoms with van der Waals surface area (Å²) >= 11 is 6.23. The number of pyridine rings is 1. The Kier molecular flexibility index (Phi) is 3.62. The highest BCUT2D eigenvalue weighted by atomic mass is 35.5. The van der Waals surface area contributed by atoms with Gasteiger partial charge in [-0.3, -0.25) is 9.78 Å². The number of halogens is 1. The second-order valence-electron chi connectivity index (χ2n) is 4.83. The minimum Gasteiger partial charge on any atom is -0.358 e. The Balaban J connectivity index is 1.90. The second kappa shape index (κ2) is 5.58. The van der Waals surface area contributed by atoms with E-state index in [2.05, 4.69) is 15.3 Å². The number of benzene rings is 1. The Labute approximate surface area is 127 Å². The molecule has 0 aliphatic rings. The van der Waals surface area contributed by atoms with Crippen molar-refractivity contribution in [3.8, 4) is 0 Å². The molecule has 2 heterocycles. The van der Waals surface area contributed by atoms with Gasteiger partial charge >= 0.3 is 0 Å². The Bertz CT molecular complexity index is 796. The molecular formula is C16H14ClN3O. The lowest BCUT2D eigenvalue weighted by atomic mass is 10.1. The average Bonchev–Trinajstić information content (AvgIpc) is 2.83. The normalized spacial score (nSPS) is 10.8. The molecule has 0 aliphatic heterocycles. The highest BCUT2D eigenvalue weighted by Gasteiger charge is 2.17. The van der Waals surface area contributed by atoms with Crippen LogP contribution in [0.4, 0.5) is 0 Å². The van der Waals surface area contributed by atoms with E-state index in [0.29, 0.717) is 17.1 Å². The molecule has 5 heteroatoms. The molecule has 3 aromatic rings. The fourth-order valence-corrected chi connectivity index (χ4v) is 2.66. The van der Waals surface area contributed by atoms with Crippen LogP contribution < -0.4 is 5.32 Å². The number of carbonyl (C=O) groups is 1. The van der Waals surface area contributed by atoms with Crippen molar-refractivity contribution in [2.24, 2.45) is 0 Å². The minimum atomic E-state index is -0.143. The maximum Gasteiger partial charge on any atom is 0.254 e. The van der Waals surface area contributed by atoms with Crippen molar-refractivity contribution in [2.45, 2.75) is 13.5 Å². The van der Waals surface area contributed by atoms with E-state index in [0.717, 1.165) is 22.2 Å². The van der Waals surface area contributed by atoms with Crippen molar-refractivity contribution in [1.29, 1.82) is 0 Å². The zero-order chi connectivity index (χ0) is 14.8. The van der Waals surface area contributed by atoms with E-state index in [4.69, 9.17) is 11.6 Å². The second-order valence-corrected chi connectivity index (χ2v) is 5.24. The van der Waals surface area contributed by atoms with Crippen molar-refractivity contribution >= 4 is 28.4 Å². The fourth-order valence-electron chi connectivity index (χ4n) is 2.39. The molecule has 0 aliphatic carbocycles. The minimum absolute atomic E-state index is 0.143. The number of fused-ring (bicyclic) bond motifs is 1. The highest BCUT2D eigenvalue weighted by Crippen LogP contribution is 2.29. The van der Waals surface area contributed by atoms with E-state index in [1.54, 1.807) is 18.5 Å². The van der Waals surface area contributed by atoms with Gasteiger partial charge in [0, 0.05) is 35.5 Å². The molecule has 2 aromatic heterocycles. The predicted octanol–water partition coefficient (Wildman–Crippen LogP) is 3.45. The van der Waals surface area contributed by atoms with Crippen molar-refractivity contribution in [3.05, 3.63) is 64.6 Å². The number of rotatable bonds is 3. The summed E-state index contributed by atoms with van der Waals surface area (Å²) in [7, 11) is 0. The molecule has 4 nitrogen and oxygen atoms in total. The molecule has 106 valence electrons. The molecule has 0 bridgehead atoms. The Morgan fingerprint density at radius 3 is 2.95 bits per heavy atom. The lowest BCUT2D eigenvalue weighted by Gasteiger charge is -2.06. The number of hydrogen-bond donors (Lipinski definition) is 2. The summed E-state index contributed by atoms with van der Waals surface area (Å²) in [6, 6.07) is 9.32. The van der Waals surface area contributed by atoms with Gasteiger partial charge in [0.15, 0.2) is 0 Å². The van der Waals surface area contributed by atoms with Gasteiger partial charge in [-0.2, -0.15) is 0 Å². The summed E-state index contributed by atoms with van der Waals surface area (Å²) in [6.45, 7) is 2.30. The zero-order valence-corrected chi connectivity index (χ0v) is 12.2. The number of aryl methyl sites for hydroxylation is 1. The first-order chi connectivity index (χ1) is 10.2. The topological polar surface area (TPSA) is 57.8 Å². The van der Waals surface area contributed by atoms with Crippen LogP contribution in [0.5, 0.6) is 0 Å². The van der Waals surface area contributed by atoms with Gasteiger partial charge in [0.25, 0.3) is 5.91 Å². The summed E-state index contributed by atoms with van der Waals surface area (Å²) in [5.41, 5.74) is 3.22. The molecular weight excluding hydrogens is 286 g/mol. The van der Waals surface area contributed by atoms with Crippen LogP contribution in [0.25, 0.3) is 10.9 Å². The van der Waals surface area contributed by atoms with Crippen LogP contribution in [0.15, 0.2) is 42.7 Å². The summed E-state index contributed by atoms with van der Waals surface area (Å²) in [4.78, 5) is 19.7. The average molecular weight is 300 g/mol. The SMILES string of the molecule is Cc1[nH]c2cccc(Cl)c2c1C(=O)NCc1cccnc1. The van der Waals surface area contributed by atoms with E-state index in [-0.39, 0.29) is 5.91 Å². The standard InChI is InChI=1S/C16H14ClN3O/c1-10-14(15-12(17)5-2-6-13(15)20-10)16(21)19-9-11-4-3-7-18-8-11/h2-8,20H,9H2,1H3,(H,19,21). The third-order valence-corrected chi connectivity index (χ3v) is 3.68. The molecule has 0 saturated carbocycles. The number of nitrogens with zero attached hydrogens (tertiary/aromatic N) is 1. The Morgan fingerprint density at radius 1 is 1.33 bits per heavy atom. The van der Waals surface area contributed by atoms with Gasteiger partial charge in [0.2, 0.25) is 0 Å². The number of aromatic amines is 1. The van der Waals surface area contributed by atoms with Crippen LogP contribution in [0.3, 0.4) is 0 Å². The summed E-state index contributed by atoms with van der Waals surface area (Å²) < 4.78 is 0. The molecule has 0 fully saturated rings. The molecule has 0 spiro atoms. The molecule has 1 aromatic carbocycles. The van der Waals surface area contributed by atoms with Crippen molar-refractivity contribution in [1.82, 2.24) is 15.3 Å². The number of nitrogens with one attached hydrogen (secondary N) is 2. The lowest BCUT2D eigenvalue weighted by Crippen LogP contribution is -2.23. The molecule has 1 amide bonds. The van der Waals surface area contributed by atoms with Crippen molar-refractivity contribution in [3.63, 3.8) is 0 Å². The van der Waals surface area contributed by atoms with Gasteiger partial charge in [0.1, 0.15) is 0 Å². The van der Waals surface area contributed by atoms with Crippen LogP contribution in [0.2, 0.25) is 5.02 Å². The van der Waals surface area contributed by atoms with E-state index in [1.807, 2.05) is 31.2 Å². The smallest absolute Gasteiger partial charge is 0.254 e. The van der Waals surface area contributed by atoms with E-state index >= 15 is 0 Å². The van der Waals surface area contributed by atoms with Crippen LogP contribution >= 0.6 is 11.6 Å². The largest absolute Gasteiger partial charge is 0.358 e. The maximum absolute atomic E-state index is 12.5. The van der Waals surface area contributed by atoms with Gasteiger partial charge < -0.3 is 10.3 Å².